The first kappa shape index (κ1) is 17.9. The number of amides is 1. The summed E-state index contributed by atoms with van der Waals surface area (Å²) in [6.45, 7) is 10.8. The lowest BCUT2D eigenvalue weighted by molar-refractivity contribution is -0.124. The van der Waals surface area contributed by atoms with Gasteiger partial charge in [0.15, 0.2) is 0 Å². The van der Waals surface area contributed by atoms with Crippen molar-refractivity contribution in [2.45, 2.75) is 32.9 Å². The summed E-state index contributed by atoms with van der Waals surface area (Å²) in [6, 6.07) is 6.47. The number of nitrogens with zero attached hydrogens (tertiary/aromatic N) is 3. The highest BCUT2D eigenvalue weighted by molar-refractivity contribution is 7.09. The molecule has 0 bridgehead atoms. The van der Waals surface area contributed by atoms with E-state index in [-0.39, 0.29) is 11.8 Å². The highest BCUT2D eigenvalue weighted by Gasteiger charge is 2.30. The van der Waals surface area contributed by atoms with E-state index in [0.29, 0.717) is 6.54 Å². The standard InChI is InChI=1S/C17H26N4OS/c1-14(2)17(3,13-18)19-16(22)12-21-8-6-20(7-9-21)11-15-5-4-10-23-15/h4-5,10,14H,6-9,11-12H2,1-3H3,(H,19,22)/t17-/m0/s1. The Balaban J connectivity index is 1.75. The average molecular weight is 334 g/mol. The SMILES string of the molecule is CC(C)[C@](C)(C#N)NC(=O)CN1CCN(Cc2cccs2)CC1. The average Bonchev–Trinajstić information content (AvgIpc) is 3.01. The third kappa shape index (κ3) is 5.03. The van der Waals surface area contributed by atoms with E-state index < -0.39 is 5.54 Å². The van der Waals surface area contributed by atoms with Crippen LogP contribution in [0.4, 0.5) is 0 Å². The first-order valence-corrected chi connectivity index (χ1v) is 9.00. The third-order valence-electron chi connectivity index (χ3n) is 4.58. The van der Waals surface area contributed by atoms with E-state index in [9.17, 15) is 10.1 Å². The highest BCUT2D eigenvalue weighted by atomic mass is 32.1. The predicted octanol–water partition coefficient (Wildman–Crippen LogP) is 1.92. The molecule has 1 aliphatic rings. The summed E-state index contributed by atoms with van der Waals surface area (Å²) < 4.78 is 0. The van der Waals surface area contributed by atoms with Crippen LogP contribution in [0.15, 0.2) is 17.5 Å². The van der Waals surface area contributed by atoms with Gasteiger partial charge in [-0.3, -0.25) is 14.6 Å². The quantitative estimate of drug-likeness (QED) is 0.863. The van der Waals surface area contributed by atoms with Crippen molar-refractivity contribution in [3.8, 4) is 6.07 Å². The van der Waals surface area contributed by atoms with Crippen molar-refractivity contribution in [1.82, 2.24) is 15.1 Å². The van der Waals surface area contributed by atoms with Gasteiger partial charge in [-0.25, -0.2) is 0 Å². The Morgan fingerprint density at radius 1 is 1.39 bits per heavy atom. The molecule has 0 saturated carbocycles. The van der Waals surface area contributed by atoms with Crippen molar-refractivity contribution in [3.05, 3.63) is 22.4 Å². The zero-order valence-corrected chi connectivity index (χ0v) is 15.0. The maximum absolute atomic E-state index is 12.2. The molecule has 1 amide bonds. The fraction of sp³-hybridized carbons (Fsp3) is 0.647. The molecule has 1 N–H and O–H groups in total. The number of hydrogen-bond acceptors (Lipinski definition) is 5. The molecule has 1 saturated heterocycles. The van der Waals surface area contributed by atoms with Crippen LogP contribution >= 0.6 is 11.3 Å². The van der Waals surface area contributed by atoms with Gasteiger partial charge in [0, 0.05) is 37.6 Å². The van der Waals surface area contributed by atoms with Crippen molar-refractivity contribution < 1.29 is 4.79 Å². The molecule has 5 nitrogen and oxygen atoms in total. The summed E-state index contributed by atoms with van der Waals surface area (Å²) in [6.07, 6.45) is 0. The number of thiophene rings is 1. The van der Waals surface area contributed by atoms with Crippen LogP contribution in [0, 0.1) is 17.2 Å². The van der Waals surface area contributed by atoms with Crippen molar-refractivity contribution in [3.63, 3.8) is 0 Å². The predicted molar refractivity (Wildman–Crippen MR) is 93.0 cm³/mol. The van der Waals surface area contributed by atoms with Crippen LogP contribution in [-0.2, 0) is 11.3 Å². The highest BCUT2D eigenvalue weighted by Crippen LogP contribution is 2.16. The number of nitriles is 1. The summed E-state index contributed by atoms with van der Waals surface area (Å²) in [7, 11) is 0. The van der Waals surface area contributed by atoms with Crippen LogP contribution in [0.2, 0.25) is 0 Å². The molecule has 0 radical (unpaired) electrons. The second kappa shape index (κ2) is 7.91. The lowest BCUT2D eigenvalue weighted by Crippen LogP contribution is -2.54. The minimum absolute atomic E-state index is 0.0607. The van der Waals surface area contributed by atoms with Crippen LogP contribution in [0.3, 0.4) is 0 Å². The van der Waals surface area contributed by atoms with E-state index in [2.05, 4.69) is 38.7 Å². The number of carbonyl (C=O) groups is 1. The first-order chi connectivity index (χ1) is 10.9. The topological polar surface area (TPSA) is 59.4 Å². The molecule has 0 aliphatic carbocycles. The van der Waals surface area contributed by atoms with Crippen LogP contribution in [-0.4, -0.2) is 54.0 Å². The van der Waals surface area contributed by atoms with Gasteiger partial charge in [-0.15, -0.1) is 11.3 Å². The Kier molecular flexibility index (Phi) is 6.17. The van der Waals surface area contributed by atoms with Gasteiger partial charge in [0.25, 0.3) is 0 Å². The largest absolute Gasteiger partial charge is 0.337 e. The molecule has 126 valence electrons. The van der Waals surface area contributed by atoms with Gasteiger partial charge in [0.1, 0.15) is 5.54 Å². The zero-order valence-electron chi connectivity index (χ0n) is 14.2. The number of nitrogens with one attached hydrogen (secondary N) is 1. The summed E-state index contributed by atoms with van der Waals surface area (Å²) in [5.41, 5.74) is -0.794. The summed E-state index contributed by atoms with van der Waals surface area (Å²) in [5.74, 6) is 0.0218. The van der Waals surface area contributed by atoms with Gasteiger partial charge in [0.2, 0.25) is 5.91 Å². The van der Waals surface area contributed by atoms with E-state index in [4.69, 9.17) is 0 Å². The Bertz CT molecular complexity index is 543. The van der Waals surface area contributed by atoms with E-state index in [1.165, 1.54) is 4.88 Å². The van der Waals surface area contributed by atoms with Crippen LogP contribution < -0.4 is 5.32 Å². The molecular formula is C17H26N4OS. The Morgan fingerprint density at radius 2 is 2.04 bits per heavy atom. The van der Waals surface area contributed by atoms with Crippen LogP contribution in [0.5, 0.6) is 0 Å². The fourth-order valence-electron chi connectivity index (χ4n) is 2.56. The molecule has 2 heterocycles. The Labute approximate surface area is 142 Å². The molecule has 6 heteroatoms. The van der Waals surface area contributed by atoms with Gasteiger partial charge < -0.3 is 5.32 Å². The van der Waals surface area contributed by atoms with Crippen molar-refractivity contribution >= 4 is 17.2 Å². The normalized spacial score (nSPS) is 19.3. The Hall–Kier alpha value is -1.42. The summed E-state index contributed by atoms with van der Waals surface area (Å²) in [4.78, 5) is 18.2. The maximum Gasteiger partial charge on any atom is 0.235 e. The van der Waals surface area contributed by atoms with Gasteiger partial charge in [-0.2, -0.15) is 5.26 Å². The van der Waals surface area contributed by atoms with Crippen molar-refractivity contribution in [1.29, 1.82) is 5.26 Å². The molecule has 1 aromatic heterocycles. The summed E-state index contributed by atoms with van der Waals surface area (Å²) in [5, 5.41) is 14.3. The maximum atomic E-state index is 12.2. The first-order valence-electron chi connectivity index (χ1n) is 8.12. The van der Waals surface area contributed by atoms with Gasteiger partial charge >= 0.3 is 0 Å². The van der Waals surface area contributed by atoms with Gasteiger partial charge in [-0.1, -0.05) is 19.9 Å². The monoisotopic (exact) mass is 334 g/mol. The number of hydrogen-bond donors (Lipinski definition) is 1. The lowest BCUT2D eigenvalue weighted by Gasteiger charge is -2.35. The van der Waals surface area contributed by atoms with Crippen molar-refractivity contribution in [2.75, 3.05) is 32.7 Å². The molecule has 0 spiro atoms. The zero-order chi connectivity index (χ0) is 16.9. The molecule has 23 heavy (non-hydrogen) atoms. The molecule has 0 aromatic carbocycles. The van der Waals surface area contributed by atoms with E-state index >= 15 is 0 Å². The van der Waals surface area contributed by atoms with E-state index in [1.807, 2.05) is 13.8 Å². The lowest BCUT2D eigenvalue weighted by atomic mass is 9.90. The molecule has 1 aliphatic heterocycles. The molecule has 2 rings (SSSR count). The minimum Gasteiger partial charge on any atom is -0.337 e. The number of rotatable bonds is 6. The van der Waals surface area contributed by atoms with Gasteiger partial charge in [0.05, 0.1) is 12.6 Å². The molecular weight excluding hydrogens is 308 g/mol. The van der Waals surface area contributed by atoms with Crippen LogP contribution in [0.25, 0.3) is 0 Å². The third-order valence-corrected chi connectivity index (χ3v) is 5.44. The number of carbonyl (C=O) groups excluding carboxylic acids is 1. The fourth-order valence-corrected chi connectivity index (χ4v) is 3.31. The van der Waals surface area contributed by atoms with Crippen LogP contribution in [0.1, 0.15) is 25.6 Å². The second-order valence-corrected chi connectivity index (χ2v) is 7.68. The molecule has 1 fully saturated rings. The van der Waals surface area contributed by atoms with Crippen molar-refractivity contribution in [2.24, 2.45) is 5.92 Å². The smallest absolute Gasteiger partial charge is 0.235 e. The number of piperazine rings is 1. The second-order valence-electron chi connectivity index (χ2n) is 6.65. The summed E-state index contributed by atoms with van der Waals surface area (Å²) >= 11 is 1.79. The van der Waals surface area contributed by atoms with E-state index in [1.54, 1.807) is 18.3 Å². The molecule has 0 unspecified atom stereocenters. The Morgan fingerprint density at radius 3 is 2.57 bits per heavy atom. The van der Waals surface area contributed by atoms with Gasteiger partial charge in [-0.05, 0) is 24.3 Å². The van der Waals surface area contributed by atoms with E-state index in [0.717, 1.165) is 32.7 Å². The minimum atomic E-state index is -0.794. The molecule has 1 atom stereocenters. The molecule has 1 aromatic rings.